The van der Waals surface area contributed by atoms with Crippen LogP contribution in [0.25, 0.3) is 10.9 Å². The number of fused-ring (bicyclic) bond motifs is 1. The third kappa shape index (κ3) is 4.51. The van der Waals surface area contributed by atoms with E-state index in [4.69, 9.17) is 14.5 Å². The molecule has 26 heavy (non-hydrogen) atoms. The molecular weight excluding hydrogens is 330 g/mol. The van der Waals surface area contributed by atoms with Crippen molar-refractivity contribution in [2.45, 2.75) is 25.6 Å². The van der Waals surface area contributed by atoms with Crippen LogP contribution in [0.3, 0.4) is 0 Å². The van der Waals surface area contributed by atoms with E-state index in [0.717, 1.165) is 23.3 Å². The fraction of sp³-hybridized carbons (Fsp3) is 0.500. The second kappa shape index (κ2) is 7.60. The van der Waals surface area contributed by atoms with Crippen molar-refractivity contribution in [1.82, 2.24) is 9.88 Å². The molecule has 1 fully saturated rings. The molecule has 6 heteroatoms. The van der Waals surface area contributed by atoms with Crippen LogP contribution in [0.1, 0.15) is 13.8 Å². The first-order chi connectivity index (χ1) is 12.3. The summed E-state index contributed by atoms with van der Waals surface area (Å²) in [4.78, 5) is 20.2. The molecule has 140 valence electrons. The van der Waals surface area contributed by atoms with E-state index in [-0.39, 0.29) is 24.2 Å². The van der Waals surface area contributed by atoms with Gasteiger partial charge >= 0.3 is 0 Å². The zero-order chi connectivity index (χ0) is 18.7. The minimum Gasteiger partial charge on any atom is -0.369 e. The Morgan fingerprint density at radius 3 is 2.85 bits per heavy atom. The van der Waals surface area contributed by atoms with E-state index in [0.29, 0.717) is 13.2 Å². The van der Waals surface area contributed by atoms with Crippen molar-refractivity contribution >= 4 is 22.6 Å². The molecule has 6 nitrogen and oxygen atoms in total. The Balaban J connectivity index is 1.69. The molecular formula is C20H27N3O3. The molecule has 1 aromatic carbocycles. The number of benzene rings is 1. The van der Waals surface area contributed by atoms with Crippen LogP contribution in [0.5, 0.6) is 0 Å². The van der Waals surface area contributed by atoms with Gasteiger partial charge in [0.25, 0.3) is 0 Å². The summed E-state index contributed by atoms with van der Waals surface area (Å²) in [5, 5.41) is 1.13. The second-order valence-electron chi connectivity index (χ2n) is 7.55. The zero-order valence-electron chi connectivity index (χ0n) is 15.9. The Hall–Kier alpha value is -2.18. The Morgan fingerprint density at radius 2 is 2.08 bits per heavy atom. The van der Waals surface area contributed by atoms with Crippen LogP contribution in [0.2, 0.25) is 0 Å². The quantitative estimate of drug-likeness (QED) is 0.822. The predicted molar refractivity (Wildman–Crippen MR) is 102 cm³/mol. The first kappa shape index (κ1) is 18.6. The summed E-state index contributed by atoms with van der Waals surface area (Å²) in [6.07, 6.45) is -0.109. The van der Waals surface area contributed by atoms with Crippen molar-refractivity contribution in [1.29, 1.82) is 0 Å². The molecule has 1 aromatic heterocycles. The van der Waals surface area contributed by atoms with Crippen LogP contribution in [0, 0.1) is 0 Å². The summed E-state index contributed by atoms with van der Waals surface area (Å²) in [6, 6.07) is 12.3. The molecule has 0 N–H and O–H groups in total. The van der Waals surface area contributed by atoms with Gasteiger partial charge in [-0.15, -0.1) is 0 Å². The number of carbonyl (C=O) groups is 1. The summed E-state index contributed by atoms with van der Waals surface area (Å²) in [7, 11) is 3.44. The fourth-order valence-corrected chi connectivity index (χ4v) is 3.20. The smallest absolute Gasteiger partial charge is 0.248 e. The molecule has 1 unspecified atom stereocenters. The van der Waals surface area contributed by atoms with Gasteiger partial charge in [-0.25, -0.2) is 4.98 Å². The van der Waals surface area contributed by atoms with Gasteiger partial charge in [-0.2, -0.15) is 0 Å². The molecule has 1 saturated heterocycles. The van der Waals surface area contributed by atoms with E-state index in [1.54, 1.807) is 14.1 Å². The molecule has 2 aromatic rings. The average molecular weight is 357 g/mol. The zero-order valence-corrected chi connectivity index (χ0v) is 15.9. The molecule has 0 bridgehead atoms. The number of morpholine rings is 1. The number of aromatic nitrogens is 1. The van der Waals surface area contributed by atoms with Gasteiger partial charge in [0.2, 0.25) is 5.91 Å². The molecule has 0 radical (unpaired) electrons. The number of pyridine rings is 1. The highest BCUT2D eigenvalue weighted by molar-refractivity contribution is 5.80. The van der Waals surface area contributed by atoms with Gasteiger partial charge in [-0.1, -0.05) is 18.2 Å². The van der Waals surface area contributed by atoms with E-state index < -0.39 is 0 Å². The Bertz CT molecular complexity index is 776. The van der Waals surface area contributed by atoms with Gasteiger partial charge in [0.05, 0.1) is 23.8 Å². The average Bonchev–Trinajstić information content (AvgIpc) is 2.59. The number of anilines is 1. The number of ether oxygens (including phenoxy) is 2. The molecule has 2 heterocycles. The third-order valence-corrected chi connectivity index (χ3v) is 4.42. The van der Waals surface area contributed by atoms with Crippen molar-refractivity contribution < 1.29 is 14.3 Å². The largest absolute Gasteiger partial charge is 0.369 e. The van der Waals surface area contributed by atoms with Gasteiger partial charge in [0, 0.05) is 32.6 Å². The second-order valence-corrected chi connectivity index (χ2v) is 7.55. The minimum atomic E-state index is -0.314. The van der Waals surface area contributed by atoms with E-state index >= 15 is 0 Å². The van der Waals surface area contributed by atoms with Gasteiger partial charge in [0.15, 0.2) is 0 Å². The van der Waals surface area contributed by atoms with Crippen LogP contribution in [0.15, 0.2) is 36.4 Å². The highest BCUT2D eigenvalue weighted by Crippen LogP contribution is 2.26. The number of nitrogens with zero attached hydrogens (tertiary/aromatic N) is 3. The maximum absolute atomic E-state index is 11.7. The van der Waals surface area contributed by atoms with Gasteiger partial charge in [0.1, 0.15) is 12.4 Å². The van der Waals surface area contributed by atoms with Crippen molar-refractivity contribution in [2.75, 3.05) is 45.3 Å². The Morgan fingerprint density at radius 1 is 1.31 bits per heavy atom. The molecule has 1 aliphatic rings. The van der Waals surface area contributed by atoms with E-state index in [9.17, 15) is 4.79 Å². The Labute approximate surface area is 154 Å². The number of hydrogen-bond donors (Lipinski definition) is 0. The molecule has 0 spiro atoms. The first-order valence-corrected chi connectivity index (χ1v) is 8.90. The maximum atomic E-state index is 11.7. The molecule has 1 aliphatic heterocycles. The number of carbonyl (C=O) groups excluding carboxylic acids is 1. The van der Waals surface area contributed by atoms with E-state index in [2.05, 4.69) is 36.9 Å². The van der Waals surface area contributed by atoms with Crippen molar-refractivity contribution in [3.05, 3.63) is 36.4 Å². The summed E-state index contributed by atoms with van der Waals surface area (Å²) in [6.45, 7) is 6.03. The SMILES string of the molecule is CN(C)C(=O)COCC1CN(c2ccc3ccccc3n2)CC(C)(C)O1. The lowest BCUT2D eigenvalue weighted by Crippen LogP contribution is -2.54. The molecule has 1 atom stereocenters. The number of rotatable bonds is 5. The lowest BCUT2D eigenvalue weighted by Gasteiger charge is -2.43. The van der Waals surface area contributed by atoms with Gasteiger partial charge in [-0.3, -0.25) is 4.79 Å². The lowest BCUT2D eigenvalue weighted by molar-refractivity contribution is -0.139. The van der Waals surface area contributed by atoms with Gasteiger partial charge in [-0.05, 0) is 32.0 Å². The number of para-hydroxylation sites is 1. The summed E-state index contributed by atoms with van der Waals surface area (Å²) in [5.41, 5.74) is 0.671. The van der Waals surface area contributed by atoms with Crippen molar-refractivity contribution in [3.8, 4) is 0 Å². The van der Waals surface area contributed by atoms with Crippen LogP contribution < -0.4 is 4.90 Å². The normalized spacial score (nSPS) is 19.5. The number of hydrogen-bond acceptors (Lipinski definition) is 5. The first-order valence-electron chi connectivity index (χ1n) is 8.90. The Kier molecular flexibility index (Phi) is 5.44. The summed E-state index contributed by atoms with van der Waals surface area (Å²) in [5.74, 6) is 0.891. The standard InChI is InChI=1S/C20H27N3O3/c1-20(2)14-23(11-16(26-20)12-25-13-19(24)22(3)4)18-10-9-15-7-5-6-8-17(15)21-18/h5-10,16H,11-14H2,1-4H3. The topological polar surface area (TPSA) is 54.9 Å². The molecule has 3 rings (SSSR count). The van der Waals surface area contributed by atoms with Crippen molar-refractivity contribution in [2.24, 2.45) is 0 Å². The van der Waals surface area contributed by atoms with E-state index in [1.165, 1.54) is 4.90 Å². The minimum absolute atomic E-state index is 0.0480. The molecule has 0 aliphatic carbocycles. The fourth-order valence-electron chi connectivity index (χ4n) is 3.20. The van der Waals surface area contributed by atoms with E-state index in [1.807, 2.05) is 18.2 Å². The summed E-state index contributed by atoms with van der Waals surface area (Å²) >= 11 is 0. The monoisotopic (exact) mass is 357 g/mol. The third-order valence-electron chi connectivity index (χ3n) is 4.42. The molecule has 1 amide bonds. The number of amides is 1. The van der Waals surface area contributed by atoms with Crippen LogP contribution in [0.4, 0.5) is 5.82 Å². The maximum Gasteiger partial charge on any atom is 0.248 e. The van der Waals surface area contributed by atoms with Crippen LogP contribution in [-0.2, 0) is 14.3 Å². The molecule has 0 saturated carbocycles. The van der Waals surface area contributed by atoms with Crippen LogP contribution >= 0.6 is 0 Å². The number of likely N-dealkylation sites (N-methyl/N-ethyl adjacent to an activating group) is 1. The van der Waals surface area contributed by atoms with Gasteiger partial charge < -0.3 is 19.3 Å². The van der Waals surface area contributed by atoms with Crippen molar-refractivity contribution in [3.63, 3.8) is 0 Å². The highest BCUT2D eigenvalue weighted by Gasteiger charge is 2.34. The predicted octanol–water partition coefficient (Wildman–Crippen LogP) is 2.32. The lowest BCUT2D eigenvalue weighted by atomic mass is 10.1. The van der Waals surface area contributed by atoms with Crippen LogP contribution in [-0.4, -0.2) is 67.9 Å². The summed E-state index contributed by atoms with van der Waals surface area (Å²) < 4.78 is 11.7. The highest BCUT2D eigenvalue weighted by atomic mass is 16.5.